The maximum Gasteiger partial charge on any atom is 0.0446 e. The molecule has 1 aromatic carbocycles. The molecule has 2 aliphatic rings. The lowest BCUT2D eigenvalue weighted by Gasteiger charge is -2.24. The zero-order chi connectivity index (χ0) is 13.8. The SMILES string of the molecule is NCC(NC1CCCCCC1)c1ccc(C2CC2)cc1. The number of hydrogen-bond acceptors (Lipinski definition) is 2. The molecule has 2 heteroatoms. The predicted molar refractivity (Wildman–Crippen MR) is 84.8 cm³/mol. The van der Waals surface area contributed by atoms with Crippen LogP contribution in [0, 0.1) is 0 Å². The van der Waals surface area contributed by atoms with Gasteiger partial charge in [0.2, 0.25) is 0 Å². The summed E-state index contributed by atoms with van der Waals surface area (Å²) >= 11 is 0. The van der Waals surface area contributed by atoms with Crippen LogP contribution < -0.4 is 11.1 Å². The van der Waals surface area contributed by atoms with Crippen molar-refractivity contribution in [2.45, 2.75) is 69.4 Å². The van der Waals surface area contributed by atoms with E-state index in [4.69, 9.17) is 5.73 Å². The average Bonchev–Trinajstić information content (AvgIpc) is 3.32. The summed E-state index contributed by atoms with van der Waals surface area (Å²) in [5.41, 5.74) is 8.88. The van der Waals surface area contributed by atoms with Gasteiger partial charge < -0.3 is 11.1 Å². The fourth-order valence-corrected chi connectivity index (χ4v) is 3.45. The van der Waals surface area contributed by atoms with E-state index >= 15 is 0 Å². The molecule has 1 unspecified atom stereocenters. The zero-order valence-electron chi connectivity index (χ0n) is 12.5. The largest absolute Gasteiger partial charge is 0.329 e. The first-order valence-corrected chi connectivity index (χ1v) is 8.43. The normalized spacial score (nSPS) is 22.4. The first kappa shape index (κ1) is 14.1. The molecular weight excluding hydrogens is 244 g/mol. The van der Waals surface area contributed by atoms with Gasteiger partial charge in [0.15, 0.2) is 0 Å². The van der Waals surface area contributed by atoms with Crippen LogP contribution >= 0.6 is 0 Å². The lowest BCUT2D eigenvalue weighted by molar-refractivity contribution is 0.402. The molecule has 0 radical (unpaired) electrons. The second-order valence-electron chi connectivity index (χ2n) is 6.58. The molecule has 1 atom stereocenters. The number of rotatable bonds is 5. The van der Waals surface area contributed by atoms with Gasteiger partial charge in [-0.05, 0) is 42.7 Å². The van der Waals surface area contributed by atoms with Crippen LogP contribution in [0.2, 0.25) is 0 Å². The van der Waals surface area contributed by atoms with Crippen LogP contribution in [0.1, 0.15) is 74.5 Å². The molecule has 2 fully saturated rings. The van der Waals surface area contributed by atoms with Gasteiger partial charge in [0.1, 0.15) is 0 Å². The van der Waals surface area contributed by atoms with E-state index < -0.39 is 0 Å². The molecule has 0 saturated heterocycles. The summed E-state index contributed by atoms with van der Waals surface area (Å²) in [6.07, 6.45) is 10.9. The van der Waals surface area contributed by atoms with Crippen molar-refractivity contribution >= 4 is 0 Å². The van der Waals surface area contributed by atoms with Crippen molar-refractivity contribution < 1.29 is 0 Å². The molecule has 1 aromatic rings. The fraction of sp³-hybridized carbons (Fsp3) is 0.667. The van der Waals surface area contributed by atoms with Gasteiger partial charge in [-0.2, -0.15) is 0 Å². The summed E-state index contributed by atoms with van der Waals surface area (Å²) in [7, 11) is 0. The molecule has 0 spiro atoms. The standard InChI is InChI=1S/C18H28N2/c19-13-18(20-17-5-3-1-2-4-6-17)16-11-9-15(10-12-16)14-7-8-14/h9-12,14,17-18,20H,1-8,13,19H2. The van der Waals surface area contributed by atoms with E-state index in [0.29, 0.717) is 18.6 Å². The Morgan fingerprint density at radius 2 is 1.60 bits per heavy atom. The third kappa shape index (κ3) is 3.62. The maximum atomic E-state index is 6.01. The van der Waals surface area contributed by atoms with Crippen molar-refractivity contribution in [2.75, 3.05) is 6.54 Å². The van der Waals surface area contributed by atoms with Gasteiger partial charge >= 0.3 is 0 Å². The van der Waals surface area contributed by atoms with Crippen molar-refractivity contribution in [3.05, 3.63) is 35.4 Å². The molecular formula is C18H28N2. The number of nitrogens with one attached hydrogen (secondary N) is 1. The summed E-state index contributed by atoms with van der Waals surface area (Å²) in [5, 5.41) is 3.80. The molecule has 3 rings (SSSR count). The molecule has 3 N–H and O–H groups in total. The minimum atomic E-state index is 0.325. The molecule has 0 bridgehead atoms. The lowest BCUT2D eigenvalue weighted by atomic mass is 10.0. The summed E-state index contributed by atoms with van der Waals surface area (Å²) in [6.45, 7) is 0.694. The molecule has 0 aromatic heterocycles. The monoisotopic (exact) mass is 272 g/mol. The molecule has 110 valence electrons. The number of hydrogen-bond donors (Lipinski definition) is 2. The van der Waals surface area contributed by atoms with E-state index in [1.54, 1.807) is 0 Å². The summed E-state index contributed by atoms with van der Waals surface area (Å²) in [5.74, 6) is 0.843. The molecule has 2 nitrogen and oxygen atoms in total. The smallest absolute Gasteiger partial charge is 0.0446 e. The predicted octanol–water partition coefficient (Wildman–Crippen LogP) is 3.88. The minimum Gasteiger partial charge on any atom is -0.329 e. The molecule has 0 amide bonds. The van der Waals surface area contributed by atoms with Crippen molar-refractivity contribution in [1.29, 1.82) is 0 Å². The number of nitrogens with two attached hydrogens (primary N) is 1. The Hall–Kier alpha value is -0.860. The first-order chi connectivity index (χ1) is 9.86. The van der Waals surface area contributed by atoms with E-state index in [9.17, 15) is 0 Å². The highest BCUT2D eigenvalue weighted by atomic mass is 15.0. The first-order valence-electron chi connectivity index (χ1n) is 8.43. The molecule has 2 aliphatic carbocycles. The second-order valence-corrected chi connectivity index (χ2v) is 6.58. The highest BCUT2D eigenvalue weighted by Gasteiger charge is 2.23. The summed E-state index contributed by atoms with van der Waals surface area (Å²) < 4.78 is 0. The van der Waals surface area contributed by atoms with E-state index in [2.05, 4.69) is 29.6 Å². The van der Waals surface area contributed by atoms with Gasteiger partial charge in [-0.3, -0.25) is 0 Å². The Morgan fingerprint density at radius 3 is 2.15 bits per heavy atom. The van der Waals surface area contributed by atoms with Crippen molar-refractivity contribution in [2.24, 2.45) is 5.73 Å². The third-order valence-corrected chi connectivity index (χ3v) is 4.92. The zero-order valence-corrected chi connectivity index (χ0v) is 12.5. The Balaban J connectivity index is 1.62. The van der Waals surface area contributed by atoms with Crippen molar-refractivity contribution in [3.63, 3.8) is 0 Å². The van der Waals surface area contributed by atoms with E-state index in [1.165, 1.54) is 62.5 Å². The Labute approximate surface area is 123 Å². The summed E-state index contributed by atoms with van der Waals surface area (Å²) in [6, 6.07) is 10.2. The van der Waals surface area contributed by atoms with Crippen LogP contribution in [0.3, 0.4) is 0 Å². The fourth-order valence-electron chi connectivity index (χ4n) is 3.45. The lowest BCUT2D eigenvalue weighted by Crippen LogP contribution is -2.36. The van der Waals surface area contributed by atoms with Crippen LogP contribution in [0.5, 0.6) is 0 Å². The van der Waals surface area contributed by atoms with Crippen LogP contribution in [0.15, 0.2) is 24.3 Å². The Morgan fingerprint density at radius 1 is 0.950 bits per heavy atom. The summed E-state index contributed by atoms with van der Waals surface area (Å²) in [4.78, 5) is 0. The van der Waals surface area contributed by atoms with E-state index in [0.717, 1.165) is 5.92 Å². The van der Waals surface area contributed by atoms with Crippen molar-refractivity contribution in [3.8, 4) is 0 Å². The van der Waals surface area contributed by atoms with Crippen molar-refractivity contribution in [1.82, 2.24) is 5.32 Å². The van der Waals surface area contributed by atoms with Gasteiger partial charge in [-0.25, -0.2) is 0 Å². The maximum absolute atomic E-state index is 6.01. The highest BCUT2D eigenvalue weighted by Crippen LogP contribution is 2.40. The number of benzene rings is 1. The molecule has 2 saturated carbocycles. The Bertz CT molecular complexity index is 400. The van der Waals surface area contributed by atoms with Crippen LogP contribution in [-0.4, -0.2) is 12.6 Å². The van der Waals surface area contributed by atoms with Gasteiger partial charge in [-0.15, -0.1) is 0 Å². The van der Waals surface area contributed by atoms with Gasteiger partial charge in [0.05, 0.1) is 0 Å². The molecule has 20 heavy (non-hydrogen) atoms. The van der Waals surface area contributed by atoms with Crippen LogP contribution in [-0.2, 0) is 0 Å². The molecule has 0 aliphatic heterocycles. The topological polar surface area (TPSA) is 38.0 Å². The van der Waals surface area contributed by atoms with Gasteiger partial charge in [0, 0.05) is 18.6 Å². The third-order valence-electron chi connectivity index (χ3n) is 4.92. The Kier molecular flexibility index (Phi) is 4.74. The average molecular weight is 272 g/mol. The van der Waals surface area contributed by atoms with E-state index in [-0.39, 0.29) is 0 Å². The second kappa shape index (κ2) is 6.73. The van der Waals surface area contributed by atoms with Gasteiger partial charge in [0.25, 0.3) is 0 Å². The minimum absolute atomic E-state index is 0.325. The van der Waals surface area contributed by atoms with Gasteiger partial charge in [-0.1, -0.05) is 49.9 Å². The highest BCUT2D eigenvalue weighted by molar-refractivity contribution is 5.29. The van der Waals surface area contributed by atoms with E-state index in [1.807, 2.05) is 0 Å². The molecule has 0 heterocycles. The van der Waals surface area contributed by atoms with Crippen LogP contribution in [0.25, 0.3) is 0 Å². The quantitative estimate of drug-likeness (QED) is 0.798. The van der Waals surface area contributed by atoms with Crippen LogP contribution in [0.4, 0.5) is 0 Å².